The summed E-state index contributed by atoms with van der Waals surface area (Å²) in [5, 5.41) is 10.5. The normalized spacial score (nSPS) is 17.7. The molecule has 0 aliphatic carbocycles. The van der Waals surface area contributed by atoms with E-state index >= 15 is 0 Å². The molecular weight excluding hydrogens is 528 g/mol. The van der Waals surface area contributed by atoms with E-state index in [-0.39, 0.29) is 22.6 Å². The van der Waals surface area contributed by atoms with E-state index in [0.29, 0.717) is 50.6 Å². The molecule has 10 heteroatoms. The first-order valence-corrected chi connectivity index (χ1v) is 13.3. The van der Waals surface area contributed by atoms with Crippen LogP contribution in [0.25, 0.3) is 0 Å². The molecule has 2 heterocycles. The Kier molecular flexibility index (Phi) is 8.01. The third-order valence-corrected chi connectivity index (χ3v) is 7.55. The molecule has 0 saturated heterocycles. The maximum absolute atomic E-state index is 14.1. The highest BCUT2D eigenvalue weighted by Gasteiger charge is 2.40. The summed E-state index contributed by atoms with van der Waals surface area (Å²) in [7, 11) is 3.11. The number of nitrogens with zero attached hydrogens (tertiary/aromatic N) is 2. The minimum atomic E-state index is -1.05. The van der Waals surface area contributed by atoms with Crippen molar-refractivity contribution in [3.8, 4) is 11.5 Å². The molecule has 0 saturated carbocycles. The number of hydrogen-bond donors (Lipinski definition) is 1. The van der Waals surface area contributed by atoms with Gasteiger partial charge in [-0.1, -0.05) is 44.5 Å². The van der Waals surface area contributed by atoms with Crippen LogP contribution in [0.4, 0.5) is 5.69 Å². The first kappa shape index (κ1) is 27.9. The lowest BCUT2D eigenvalue weighted by Crippen LogP contribution is -2.44. The zero-order chi connectivity index (χ0) is 27.8. The lowest BCUT2D eigenvalue weighted by atomic mass is 9.94. The van der Waals surface area contributed by atoms with Gasteiger partial charge in [-0.2, -0.15) is 0 Å². The molecule has 2 atom stereocenters. The first-order valence-electron chi connectivity index (χ1n) is 12.1. The summed E-state index contributed by atoms with van der Waals surface area (Å²) in [5.74, 6) is -0.274. The maximum Gasteiger partial charge on any atom is 0.347 e. The van der Waals surface area contributed by atoms with Crippen LogP contribution in [-0.2, 0) is 16.0 Å². The number of rotatable bonds is 7. The standard InChI is InChI=1S/C28H31ClN2O6S/c1-15-25(27(33)34)38-22(30-15)13-21-26(32)31(14-28(2,3)4)19-11-10-16(29)12-18(19)23(37-21)17-8-7-9-20(35-5)24(17)36-6/h7-12,21,23H,13-14H2,1-6H3,(H,33,34)/t21-,23-/m1/s1. The summed E-state index contributed by atoms with van der Waals surface area (Å²) in [6, 6.07) is 10.9. The van der Waals surface area contributed by atoms with E-state index in [0.717, 1.165) is 11.3 Å². The molecule has 202 valence electrons. The fourth-order valence-corrected chi connectivity index (χ4v) is 5.71. The van der Waals surface area contributed by atoms with Crippen LogP contribution >= 0.6 is 22.9 Å². The van der Waals surface area contributed by atoms with Crippen molar-refractivity contribution >= 4 is 40.5 Å². The number of aromatic carboxylic acids is 1. The molecular formula is C28H31ClN2O6S. The Hall–Kier alpha value is -3.14. The number of halogens is 1. The smallest absolute Gasteiger partial charge is 0.347 e. The predicted octanol–water partition coefficient (Wildman–Crippen LogP) is 5.93. The third-order valence-electron chi connectivity index (χ3n) is 6.15. The van der Waals surface area contributed by atoms with Crippen molar-refractivity contribution in [3.63, 3.8) is 0 Å². The van der Waals surface area contributed by atoms with Crippen LogP contribution in [0.3, 0.4) is 0 Å². The van der Waals surface area contributed by atoms with Crippen LogP contribution in [0, 0.1) is 12.3 Å². The highest BCUT2D eigenvalue weighted by Crippen LogP contribution is 2.45. The maximum atomic E-state index is 14.1. The number of ether oxygens (including phenoxy) is 3. The molecule has 1 aromatic heterocycles. The Bertz CT molecular complexity index is 1370. The highest BCUT2D eigenvalue weighted by molar-refractivity contribution is 7.13. The Morgan fingerprint density at radius 2 is 1.92 bits per heavy atom. The van der Waals surface area contributed by atoms with Crippen molar-refractivity contribution < 1.29 is 28.9 Å². The van der Waals surface area contributed by atoms with Gasteiger partial charge in [-0.3, -0.25) is 4.79 Å². The lowest BCUT2D eigenvalue weighted by Gasteiger charge is -2.31. The van der Waals surface area contributed by atoms with Gasteiger partial charge in [0.25, 0.3) is 5.91 Å². The topological polar surface area (TPSA) is 98.2 Å². The summed E-state index contributed by atoms with van der Waals surface area (Å²) in [6.07, 6.45) is -1.56. The molecule has 0 radical (unpaired) electrons. The molecule has 0 unspecified atom stereocenters. The number of aryl methyl sites for hydroxylation is 1. The second-order valence-electron chi connectivity index (χ2n) is 10.3. The fraction of sp³-hybridized carbons (Fsp3) is 0.393. The fourth-order valence-electron chi connectivity index (χ4n) is 4.60. The number of benzene rings is 2. The Balaban J connectivity index is 1.90. The zero-order valence-corrected chi connectivity index (χ0v) is 23.8. The Morgan fingerprint density at radius 1 is 1.18 bits per heavy atom. The number of aromatic nitrogens is 1. The molecule has 0 spiro atoms. The molecule has 1 amide bonds. The van der Waals surface area contributed by atoms with E-state index in [2.05, 4.69) is 25.8 Å². The van der Waals surface area contributed by atoms with Crippen molar-refractivity contribution in [2.45, 2.75) is 46.3 Å². The molecule has 2 aromatic carbocycles. The molecule has 38 heavy (non-hydrogen) atoms. The average molecular weight is 559 g/mol. The monoisotopic (exact) mass is 558 g/mol. The van der Waals surface area contributed by atoms with Gasteiger partial charge in [0.05, 0.1) is 24.9 Å². The van der Waals surface area contributed by atoms with Gasteiger partial charge in [0.1, 0.15) is 17.1 Å². The van der Waals surface area contributed by atoms with Crippen LogP contribution in [0.15, 0.2) is 36.4 Å². The summed E-state index contributed by atoms with van der Waals surface area (Å²) < 4.78 is 17.9. The summed E-state index contributed by atoms with van der Waals surface area (Å²) in [4.78, 5) is 32.1. The number of anilines is 1. The van der Waals surface area contributed by atoms with Crippen molar-refractivity contribution in [3.05, 3.63) is 68.1 Å². The van der Waals surface area contributed by atoms with Gasteiger partial charge in [-0.15, -0.1) is 11.3 Å². The highest BCUT2D eigenvalue weighted by atomic mass is 35.5. The number of carbonyl (C=O) groups is 2. The van der Waals surface area contributed by atoms with Gasteiger partial charge in [0, 0.05) is 34.8 Å². The van der Waals surface area contributed by atoms with Crippen LogP contribution in [0.1, 0.15) is 58.4 Å². The van der Waals surface area contributed by atoms with Crippen LogP contribution in [0.2, 0.25) is 5.02 Å². The van der Waals surface area contributed by atoms with Gasteiger partial charge in [-0.25, -0.2) is 9.78 Å². The molecule has 1 aliphatic rings. The van der Waals surface area contributed by atoms with Gasteiger partial charge in [-0.05, 0) is 36.6 Å². The van der Waals surface area contributed by atoms with E-state index in [4.69, 9.17) is 25.8 Å². The number of para-hydroxylation sites is 1. The lowest BCUT2D eigenvalue weighted by molar-refractivity contribution is -0.132. The van der Waals surface area contributed by atoms with E-state index in [1.165, 1.54) is 0 Å². The molecule has 1 N–H and O–H groups in total. The van der Waals surface area contributed by atoms with Crippen molar-refractivity contribution in [2.75, 3.05) is 25.7 Å². The van der Waals surface area contributed by atoms with Crippen molar-refractivity contribution in [1.82, 2.24) is 4.98 Å². The third kappa shape index (κ3) is 5.65. The molecule has 1 aliphatic heterocycles. The van der Waals surface area contributed by atoms with E-state index in [9.17, 15) is 14.7 Å². The zero-order valence-electron chi connectivity index (χ0n) is 22.2. The largest absolute Gasteiger partial charge is 0.493 e. The molecule has 8 nitrogen and oxygen atoms in total. The van der Waals surface area contributed by atoms with Crippen molar-refractivity contribution in [2.24, 2.45) is 5.41 Å². The molecule has 0 fully saturated rings. The second-order valence-corrected chi connectivity index (χ2v) is 11.8. The Labute approximate surface area is 231 Å². The minimum absolute atomic E-state index is 0.114. The van der Waals surface area contributed by atoms with Gasteiger partial charge in [0.15, 0.2) is 11.5 Å². The number of hydrogen-bond acceptors (Lipinski definition) is 7. The van der Waals surface area contributed by atoms with E-state index < -0.39 is 18.2 Å². The van der Waals surface area contributed by atoms with Gasteiger partial charge >= 0.3 is 5.97 Å². The number of carbonyl (C=O) groups excluding carboxylic acids is 1. The predicted molar refractivity (Wildman–Crippen MR) is 147 cm³/mol. The number of fused-ring (bicyclic) bond motifs is 1. The van der Waals surface area contributed by atoms with Gasteiger partial charge in [0.2, 0.25) is 0 Å². The second kappa shape index (κ2) is 10.9. The van der Waals surface area contributed by atoms with E-state index in [1.54, 1.807) is 38.2 Å². The average Bonchev–Trinajstić information content (AvgIpc) is 3.19. The number of carboxylic acids is 1. The number of thiazole rings is 1. The Morgan fingerprint density at radius 3 is 2.53 bits per heavy atom. The summed E-state index contributed by atoms with van der Waals surface area (Å²) in [6.45, 7) is 8.25. The van der Waals surface area contributed by atoms with Crippen LogP contribution in [-0.4, -0.2) is 48.8 Å². The molecule has 3 aromatic rings. The first-order chi connectivity index (χ1) is 17.9. The quantitative estimate of drug-likeness (QED) is 0.384. The van der Waals surface area contributed by atoms with E-state index in [1.807, 2.05) is 24.3 Å². The summed E-state index contributed by atoms with van der Waals surface area (Å²) in [5.41, 5.74) is 2.26. The van der Waals surface area contributed by atoms with Crippen LogP contribution in [0.5, 0.6) is 11.5 Å². The number of carboxylic acid groups (broad SMARTS) is 1. The molecule has 0 bridgehead atoms. The van der Waals surface area contributed by atoms with Crippen LogP contribution < -0.4 is 14.4 Å². The molecule has 4 rings (SSSR count). The SMILES string of the molecule is COc1cccc([C@H]2O[C@H](Cc3nc(C)c(C(=O)O)s3)C(=O)N(CC(C)(C)C)c3ccc(Cl)cc32)c1OC. The number of amides is 1. The number of methoxy groups -OCH3 is 2. The minimum Gasteiger partial charge on any atom is -0.493 e. The summed E-state index contributed by atoms with van der Waals surface area (Å²) >= 11 is 7.52. The van der Waals surface area contributed by atoms with Gasteiger partial charge < -0.3 is 24.2 Å². The van der Waals surface area contributed by atoms with Crippen molar-refractivity contribution in [1.29, 1.82) is 0 Å².